The molecule has 0 bridgehead atoms. The van der Waals surface area contributed by atoms with Crippen molar-refractivity contribution in [2.45, 2.75) is 20.3 Å². The van der Waals surface area contributed by atoms with E-state index in [1.807, 2.05) is 13.8 Å². The van der Waals surface area contributed by atoms with Crippen molar-refractivity contribution in [1.29, 1.82) is 0 Å². The van der Waals surface area contributed by atoms with Gasteiger partial charge < -0.3 is 20.4 Å². The number of likely N-dealkylation sites (N-methyl/N-ethyl adjacent to an activating group) is 1. The minimum Gasteiger partial charge on any atom is -0.508 e. The van der Waals surface area contributed by atoms with Gasteiger partial charge in [0.25, 0.3) is 0 Å². The maximum Gasteiger partial charge on any atom is 0.330 e. The summed E-state index contributed by atoms with van der Waals surface area (Å²) in [5.41, 5.74) is 1.48. The third-order valence-corrected chi connectivity index (χ3v) is 5.24. The van der Waals surface area contributed by atoms with Crippen molar-refractivity contribution in [2.75, 3.05) is 25.5 Å². The van der Waals surface area contributed by atoms with Gasteiger partial charge in [-0.1, -0.05) is 0 Å². The Morgan fingerprint density at radius 2 is 1.59 bits per heavy atom. The van der Waals surface area contributed by atoms with E-state index in [0.717, 1.165) is 4.90 Å². The van der Waals surface area contributed by atoms with Crippen LogP contribution < -0.4 is 5.32 Å². The molecule has 32 heavy (non-hydrogen) atoms. The molecule has 9 heteroatoms. The summed E-state index contributed by atoms with van der Waals surface area (Å²) in [5, 5.41) is 22.6. The number of benzene rings is 2. The number of anilines is 1. The van der Waals surface area contributed by atoms with Crippen LogP contribution >= 0.6 is 0 Å². The van der Waals surface area contributed by atoms with Gasteiger partial charge in [-0.05, 0) is 61.9 Å². The average molecular weight is 438 g/mol. The summed E-state index contributed by atoms with van der Waals surface area (Å²) in [4.78, 5) is 40.8. The van der Waals surface area contributed by atoms with Gasteiger partial charge in [0.15, 0.2) is 0 Å². The monoisotopic (exact) mass is 438 g/mol. The number of imide groups is 1. The Bertz CT molecular complexity index is 1150. The van der Waals surface area contributed by atoms with Crippen LogP contribution in [-0.4, -0.2) is 62.7 Å². The molecule has 2 aromatic carbocycles. The molecular formula is C23H26N4O5. The van der Waals surface area contributed by atoms with Gasteiger partial charge in [0.1, 0.15) is 11.5 Å². The molecule has 0 aliphatic rings. The number of carbonyl (C=O) groups excluding carboxylic acids is 3. The van der Waals surface area contributed by atoms with Crippen molar-refractivity contribution in [3.63, 3.8) is 0 Å². The molecule has 3 aromatic rings. The Labute approximate surface area is 185 Å². The van der Waals surface area contributed by atoms with Gasteiger partial charge in [0, 0.05) is 37.4 Å². The molecule has 0 aliphatic heterocycles. The number of urea groups is 1. The Hall–Kier alpha value is -4.01. The number of phenolic OH excluding ortho intramolecular Hbond substituents is 2. The first-order valence-electron chi connectivity index (χ1n) is 10.2. The maximum absolute atomic E-state index is 12.9. The Morgan fingerprint density at radius 1 is 0.969 bits per heavy atom. The normalized spacial score (nSPS) is 10.7. The van der Waals surface area contributed by atoms with Crippen LogP contribution in [-0.2, 0) is 11.2 Å². The lowest BCUT2D eigenvalue weighted by Crippen LogP contribution is -2.44. The zero-order valence-corrected chi connectivity index (χ0v) is 18.2. The zero-order valence-electron chi connectivity index (χ0n) is 18.2. The highest BCUT2D eigenvalue weighted by atomic mass is 16.3. The summed E-state index contributed by atoms with van der Waals surface area (Å²) in [6.07, 6.45) is 1.40. The standard InChI is InChI=1S/C23H26N4O5/c1-4-26(5-2)23(32)25(3)21(30)12-15-14-27(20-11-10-18(29)13-19(15)20)22(31)24-16-6-8-17(28)9-7-16/h6-11,13-14,28-29H,4-5,12H2,1-3H3,(H,24,31). The molecule has 0 fully saturated rings. The van der Waals surface area contributed by atoms with Crippen molar-refractivity contribution >= 4 is 34.6 Å². The summed E-state index contributed by atoms with van der Waals surface area (Å²) < 4.78 is 1.34. The molecule has 1 heterocycles. The number of nitrogens with one attached hydrogen (secondary N) is 1. The van der Waals surface area contributed by atoms with Crippen molar-refractivity contribution in [3.05, 3.63) is 54.2 Å². The van der Waals surface area contributed by atoms with Crippen molar-refractivity contribution in [3.8, 4) is 11.5 Å². The molecule has 0 atom stereocenters. The zero-order chi connectivity index (χ0) is 23.4. The number of phenols is 2. The van der Waals surface area contributed by atoms with E-state index in [4.69, 9.17) is 0 Å². The van der Waals surface area contributed by atoms with Crippen LogP contribution in [0.15, 0.2) is 48.7 Å². The van der Waals surface area contributed by atoms with Gasteiger partial charge in [0.05, 0.1) is 11.9 Å². The molecule has 0 aliphatic carbocycles. The largest absolute Gasteiger partial charge is 0.508 e. The lowest BCUT2D eigenvalue weighted by Gasteiger charge is -2.24. The van der Waals surface area contributed by atoms with Crippen molar-refractivity contribution in [2.24, 2.45) is 0 Å². The molecule has 0 spiro atoms. The summed E-state index contributed by atoms with van der Waals surface area (Å²) in [6.45, 7) is 4.64. The fraction of sp³-hybridized carbons (Fsp3) is 0.261. The van der Waals surface area contributed by atoms with Crippen LogP contribution in [0.4, 0.5) is 15.3 Å². The molecule has 0 saturated heterocycles. The Kier molecular flexibility index (Phi) is 6.67. The summed E-state index contributed by atoms with van der Waals surface area (Å²) in [6, 6.07) is 9.67. The molecule has 0 unspecified atom stereocenters. The van der Waals surface area contributed by atoms with Crippen LogP contribution in [0, 0.1) is 0 Å². The van der Waals surface area contributed by atoms with Crippen LogP contribution in [0.5, 0.6) is 11.5 Å². The fourth-order valence-corrected chi connectivity index (χ4v) is 3.42. The molecule has 168 valence electrons. The lowest BCUT2D eigenvalue weighted by atomic mass is 10.1. The third-order valence-electron chi connectivity index (χ3n) is 5.24. The average Bonchev–Trinajstić information content (AvgIpc) is 3.13. The minimum absolute atomic E-state index is 0.00420. The number of hydrogen-bond acceptors (Lipinski definition) is 5. The molecule has 3 N–H and O–H groups in total. The molecule has 9 nitrogen and oxygen atoms in total. The highest BCUT2D eigenvalue weighted by Gasteiger charge is 2.23. The predicted octanol–water partition coefficient (Wildman–Crippen LogP) is 3.60. The highest BCUT2D eigenvalue weighted by molar-refractivity contribution is 6.02. The van der Waals surface area contributed by atoms with E-state index in [1.54, 1.807) is 18.2 Å². The third kappa shape index (κ3) is 4.66. The number of fused-ring (bicyclic) bond motifs is 1. The first-order chi connectivity index (χ1) is 15.2. The smallest absolute Gasteiger partial charge is 0.330 e. The Morgan fingerprint density at radius 3 is 2.22 bits per heavy atom. The van der Waals surface area contributed by atoms with Gasteiger partial charge in [-0.15, -0.1) is 0 Å². The van der Waals surface area contributed by atoms with Crippen LogP contribution in [0.2, 0.25) is 0 Å². The van der Waals surface area contributed by atoms with Crippen LogP contribution in [0.1, 0.15) is 19.4 Å². The van der Waals surface area contributed by atoms with Gasteiger partial charge in [-0.2, -0.15) is 0 Å². The fourth-order valence-electron chi connectivity index (χ4n) is 3.42. The summed E-state index contributed by atoms with van der Waals surface area (Å²) >= 11 is 0. The lowest BCUT2D eigenvalue weighted by molar-refractivity contribution is -0.126. The second-order valence-corrected chi connectivity index (χ2v) is 7.29. The number of carbonyl (C=O) groups is 3. The molecule has 1 aromatic heterocycles. The van der Waals surface area contributed by atoms with E-state index in [0.29, 0.717) is 35.2 Å². The number of aromatic nitrogens is 1. The van der Waals surface area contributed by atoms with E-state index in [1.165, 1.54) is 47.0 Å². The number of rotatable bonds is 5. The van der Waals surface area contributed by atoms with E-state index in [2.05, 4.69) is 5.32 Å². The number of aromatic hydroxyl groups is 2. The van der Waals surface area contributed by atoms with Gasteiger partial charge >= 0.3 is 12.1 Å². The van der Waals surface area contributed by atoms with Gasteiger partial charge in [-0.25, -0.2) is 9.59 Å². The van der Waals surface area contributed by atoms with E-state index < -0.39 is 18.0 Å². The molecule has 3 rings (SSSR count). The highest BCUT2D eigenvalue weighted by Crippen LogP contribution is 2.27. The van der Waals surface area contributed by atoms with Crippen LogP contribution in [0.25, 0.3) is 10.9 Å². The first kappa shape index (κ1) is 22.7. The Balaban J connectivity index is 1.90. The maximum atomic E-state index is 12.9. The SMILES string of the molecule is CCN(CC)C(=O)N(C)C(=O)Cc1cn(C(=O)Nc2ccc(O)cc2)c2ccc(O)cc12. The van der Waals surface area contributed by atoms with Gasteiger partial charge in [0.2, 0.25) is 5.91 Å². The second-order valence-electron chi connectivity index (χ2n) is 7.29. The van der Waals surface area contributed by atoms with E-state index in [9.17, 15) is 24.6 Å². The van der Waals surface area contributed by atoms with Gasteiger partial charge in [-0.3, -0.25) is 14.3 Å². The van der Waals surface area contributed by atoms with E-state index in [-0.39, 0.29) is 17.9 Å². The second kappa shape index (κ2) is 9.42. The molecule has 4 amide bonds. The number of hydrogen-bond donors (Lipinski definition) is 3. The quantitative estimate of drug-likeness (QED) is 0.527. The van der Waals surface area contributed by atoms with Crippen molar-refractivity contribution in [1.82, 2.24) is 14.4 Å². The minimum atomic E-state index is -0.474. The topological polar surface area (TPSA) is 115 Å². The molecular weight excluding hydrogens is 412 g/mol. The van der Waals surface area contributed by atoms with Crippen molar-refractivity contribution < 1.29 is 24.6 Å². The molecule has 0 radical (unpaired) electrons. The first-order valence-corrected chi connectivity index (χ1v) is 10.2. The number of amides is 4. The van der Waals surface area contributed by atoms with Crippen LogP contribution in [0.3, 0.4) is 0 Å². The predicted molar refractivity (Wildman–Crippen MR) is 121 cm³/mol. The molecule has 0 saturated carbocycles. The van der Waals surface area contributed by atoms with E-state index >= 15 is 0 Å². The summed E-state index contributed by atoms with van der Waals surface area (Å²) in [7, 11) is 1.43. The summed E-state index contributed by atoms with van der Waals surface area (Å²) in [5.74, 6) is -0.354. The number of nitrogens with zero attached hydrogens (tertiary/aromatic N) is 3.